The third-order valence-corrected chi connectivity index (χ3v) is 7.40. The SMILES string of the molecule is COCC1=C(C(=O)OC)C(c2ccc(F)c(F)c2)N(C(=O)NCCCN2CCC(c3cccc(N)c3)CC2)C(=O)N1. The fraction of sp³-hybridized carbons (Fsp3) is 0.414. The number of anilines is 1. The zero-order valence-corrected chi connectivity index (χ0v) is 23.1. The summed E-state index contributed by atoms with van der Waals surface area (Å²) in [5.41, 5.74) is 7.90. The number of nitrogens with two attached hydrogens (primary N) is 1. The lowest BCUT2D eigenvalue weighted by molar-refractivity contribution is -0.137. The maximum atomic E-state index is 14.2. The Bertz CT molecular complexity index is 1310. The molecule has 1 saturated heterocycles. The van der Waals surface area contributed by atoms with Crippen LogP contribution in [0.3, 0.4) is 0 Å². The number of nitrogen functional groups attached to an aromatic ring is 1. The van der Waals surface area contributed by atoms with Crippen molar-refractivity contribution in [2.75, 3.05) is 52.7 Å². The second-order valence-electron chi connectivity index (χ2n) is 10.1. The predicted molar refractivity (Wildman–Crippen MR) is 148 cm³/mol. The summed E-state index contributed by atoms with van der Waals surface area (Å²) in [6.07, 6.45) is 2.63. The molecule has 4 amide bonds. The summed E-state index contributed by atoms with van der Waals surface area (Å²) < 4.78 is 37.9. The summed E-state index contributed by atoms with van der Waals surface area (Å²) in [5, 5.41) is 5.22. The maximum Gasteiger partial charge on any atom is 0.338 e. The van der Waals surface area contributed by atoms with Gasteiger partial charge >= 0.3 is 18.0 Å². The first-order chi connectivity index (χ1) is 19.7. The van der Waals surface area contributed by atoms with Crippen LogP contribution in [0.15, 0.2) is 53.7 Å². The summed E-state index contributed by atoms with van der Waals surface area (Å²) in [6.45, 7) is 2.64. The molecule has 12 heteroatoms. The number of ether oxygens (including phenoxy) is 2. The Morgan fingerprint density at radius 2 is 1.83 bits per heavy atom. The van der Waals surface area contributed by atoms with Crippen molar-refractivity contribution in [2.24, 2.45) is 0 Å². The van der Waals surface area contributed by atoms with E-state index in [4.69, 9.17) is 15.2 Å². The van der Waals surface area contributed by atoms with Crippen LogP contribution in [0.25, 0.3) is 0 Å². The minimum absolute atomic E-state index is 0.0194. The molecule has 1 unspecified atom stereocenters. The fourth-order valence-corrected chi connectivity index (χ4v) is 5.36. The Morgan fingerprint density at radius 3 is 2.49 bits per heavy atom. The second kappa shape index (κ2) is 13.6. The van der Waals surface area contributed by atoms with E-state index < -0.39 is 35.7 Å². The van der Waals surface area contributed by atoms with Gasteiger partial charge < -0.3 is 30.7 Å². The van der Waals surface area contributed by atoms with E-state index in [1.165, 1.54) is 18.7 Å². The highest BCUT2D eigenvalue weighted by Crippen LogP contribution is 2.35. The van der Waals surface area contributed by atoms with Crippen molar-refractivity contribution in [3.05, 3.63) is 76.5 Å². The quantitative estimate of drug-likeness (QED) is 0.238. The van der Waals surface area contributed by atoms with Gasteiger partial charge in [-0.25, -0.2) is 28.1 Å². The topological polar surface area (TPSA) is 126 Å². The molecule has 4 rings (SSSR count). The molecule has 2 aliphatic heterocycles. The number of likely N-dealkylation sites (tertiary alicyclic amines) is 1. The molecule has 0 spiro atoms. The molecule has 41 heavy (non-hydrogen) atoms. The molecule has 220 valence electrons. The number of nitrogens with one attached hydrogen (secondary N) is 2. The lowest BCUT2D eigenvalue weighted by atomic mass is 9.89. The Balaban J connectivity index is 1.42. The van der Waals surface area contributed by atoms with Gasteiger partial charge in [0.2, 0.25) is 0 Å². The maximum absolute atomic E-state index is 14.2. The number of methoxy groups -OCH3 is 2. The third kappa shape index (κ3) is 7.01. The lowest BCUT2D eigenvalue weighted by Crippen LogP contribution is -2.55. The number of halogens is 2. The van der Waals surface area contributed by atoms with E-state index in [2.05, 4.69) is 21.6 Å². The highest BCUT2D eigenvalue weighted by atomic mass is 19.2. The van der Waals surface area contributed by atoms with Crippen LogP contribution >= 0.6 is 0 Å². The van der Waals surface area contributed by atoms with Gasteiger partial charge in [0.1, 0.15) is 6.04 Å². The molecule has 1 fully saturated rings. The van der Waals surface area contributed by atoms with E-state index in [9.17, 15) is 23.2 Å². The Labute approximate surface area is 237 Å². The Morgan fingerprint density at radius 1 is 1.07 bits per heavy atom. The number of amides is 4. The van der Waals surface area contributed by atoms with Crippen molar-refractivity contribution in [2.45, 2.75) is 31.2 Å². The van der Waals surface area contributed by atoms with Crippen molar-refractivity contribution in [1.29, 1.82) is 0 Å². The van der Waals surface area contributed by atoms with Crippen LogP contribution in [0.4, 0.5) is 24.1 Å². The van der Waals surface area contributed by atoms with Crippen LogP contribution in [0.5, 0.6) is 0 Å². The van der Waals surface area contributed by atoms with E-state index in [-0.39, 0.29) is 30.0 Å². The summed E-state index contributed by atoms with van der Waals surface area (Å²) >= 11 is 0. The molecule has 2 heterocycles. The highest BCUT2D eigenvalue weighted by molar-refractivity contribution is 6.01. The minimum Gasteiger partial charge on any atom is -0.466 e. The molecule has 0 bridgehead atoms. The average Bonchev–Trinajstić information content (AvgIpc) is 2.96. The lowest BCUT2D eigenvalue weighted by Gasteiger charge is -2.36. The number of rotatable bonds is 9. The van der Waals surface area contributed by atoms with Gasteiger partial charge in [0, 0.05) is 19.3 Å². The first-order valence-electron chi connectivity index (χ1n) is 13.4. The smallest absolute Gasteiger partial charge is 0.338 e. The van der Waals surface area contributed by atoms with Gasteiger partial charge in [-0.1, -0.05) is 18.2 Å². The number of imide groups is 1. The van der Waals surface area contributed by atoms with Crippen LogP contribution < -0.4 is 16.4 Å². The number of benzene rings is 2. The average molecular weight is 572 g/mol. The molecule has 2 aromatic carbocycles. The number of carbonyl (C=O) groups is 3. The fourth-order valence-electron chi connectivity index (χ4n) is 5.36. The molecule has 2 aromatic rings. The van der Waals surface area contributed by atoms with Gasteiger partial charge in [-0.05, 0) is 80.2 Å². The minimum atomic E-state index is -1.37. The number of hydrogen-bond donors (Lipinski definition) is 3. The molecule has 0 aliphatic carbocycles. The number of hydrogen-bond acceptors (Lipinski definition) is 7. The van der Waals surface area contributed by atoms with Crippen LogP contribution in [-0.4, -0.2) is 74.8 Å². The van der Waals surface area contributed by atoms with Gasteiger partial charge in [-0.15, -0.1) is 0 Å². The number of urea groups is 2. The first kappa shape index (κ1) is 29.9. The number of carbonyl (C=O) groups excluding carboxylic acids is 3. The standard InChI is InChI=1S/C29H35F2N5O5/c1-40-17-24-25(27(37)41-2)26(20-7-8-22(30)23(31)16-20)36(29(39)34-24)28(38)33-11-4-12-35-13-9-18(10-14-35)19-5-3-6-21(32)15-19/h3,5-8,15-16,18,26H,4,9-14,17,32H2,1-2H3,(H,33,38)(H,34,39). The number of esters is 1. The second-order valence-corrected chi connectivity index (χ2v) is 10.1. The number of piperidine rings is 1. The van der Waals surface area contributed by atoms with E-state index in [1.807, 2.05) is 18.2 Å². The first-order valence-corrected chi connectivity index (χ1v) is 13.4. The van der Waals surface area contributed by atoms with Crippen LogP contribution in [0, 0.1) is 11.6 Å². The van der Waals surface area contributed by atoms with Crippen LogP contribution in [-0.2, 0) is 14.3 Å². The summed E-state index contributed by atoms with van der Waals surface area (Å²) in [7, 11) is 2.50. The molecule has 1 atom stereocenters. The summed E-state index contributed by atoms with van der Waals surface area (Å²) in [4.78, 5) is 42.3. The molecule has 2 aliphatic rings. The predicted octanol–water partition coefficient (Wildman–Crippen LogP) is 3.67. The van der Waals surface area contributed by atoms with Gasteiger partial charge in [0.05, 0.1) is 25.0 Å². The molecular weight excluding hydrogens is 536 g/mol. The molecule has 0 radical (unpaired) electrons. The van der Waals surface area contributed by atoms with E-state index in [0.29, 0.717) is 12.3 Å². The summed E-state index contributed by atoms with van der Waals surface area (Å²) in [6, 6.07) is 7.90. The van der Waals surface area contributed by atoms with Crippen molar-refractivity contribution in [1.82, 2.24) is 20.4 Å². The number of nitrogens with zero attached hydrogens (tertiary/aromatic N) is 2. The van der Waals surface area contributed by atoms with Crippen molar-refractivity contribution in [3.8, 4) is 0 Å². The molecule has 0 aromatic heterocycles. The van der Waals surface area contributed by atoms with Crippen molar-refractivity contribution in [3.63, 3.8) is 0 Å². The molecule has 10 nitrogen and oxygen atoms in total. The molecular formula is C29H35F2N5O5. The van der Waals surface area contributed by atoms with Gasteiger partial charge in [0.15, 0.2) is 11.6 Å². The van der Waals surface area contributed by atoms with Gasteiger partial charge in [-0.2, -0.15) is 0 Å². The van der Waals surface area contributed by atoms with Crippen LogP contribution in [0.1, 0.15) is 42.3 Å². The largest absolute Gasteiger partial charge is 0.466 e. The zero-order valence-electron chi connectivity index (χ0n) is 23.1. The Kier molecular flexibility index (Phi) is 9.90. The van der Waals surface area contributed by atoms with Crippen molar-refractivity contribution < 1.29 is 32.6 Å². The van der Waals surface area contributed by atoms with E-state index >= 15 is 0 Å². The molecule has 0 saturated carbocycles. The Hall–Kier alpha value is -4.03. The highest BCUT2D eigenvalue weighted by Gasteiger charge is 2.43. The summed E-state index contributed by atoms with van der Waals surface area (Å²) in [5.74, 6) is -2.69. The molecule has 4 N–H and O–H groups in total. The zero-order chi connectivity index (χ0) is 29.5. The monoisotopic (exact) mass is 571 g/mol. The van der Waals surface area contributed by atoms with Gasteiger partial charge in [-0.3, -0.25) is 0 Å². The van der Waals surface area contributed by atoms with E-state index in [1.54, 1.807) is 0 Å². The van der Waals surface area contributed by atoms with Crippen molar-refractivity contribution >= 4 is 23.7 Å². The van der Waals surface area contributed by atoms with Gasteiger partial charge in [0.25, 0.3) is 0 Å². The van der Waals surface area contributed by atoms with Crippen LogP contribution in [0.2, 0.25) is 0 Å². The van der Waals surface area contributed by atoms with E-state index in [0.717, 1.165) is 62.3 Å². The normalized spacial score (nSPS) is 18.3. The third-order valence-electron chi connectivity index (χ3n) is 7.40.